The van der Waals surface area contributed by atoms with E-state index in [1.165, 1.54) is 6.08 Å². The number of carbonyl (C=O) groups is 3. The van der Waals surface area contributed by atoms with Crippen LogP contribution < -0.4 is 5.32 Å². The normalized spacial score (nSPS) is 14.4. The molecule has 0 unspecified atom stereocenters. The van der Waals surface area contributed by atoms with Crippen LogP contribution >= 0.6 is 11.6 Å². The maximum Gasteiger partial charge on any atom is 0.330 e. The molecule has 1 aliphatic rings. The fraction of sp³-hybridized carbons (Fsp3) is 0.292. The highest BCUT2D eigenvalue weighted by Crippen LogP contribution is 2.14. The molecule has 8 heteroatoms. The number of halogens is 1. The van der Waals surface area contributed by atoms with E-state index in [2.05, 4.69) is 5.32 Å². The van der Waals surface area contributed by atoms with Crippen LogP contribution in [0.1, 0.15) is 22.8 Å². The quantitative estimate of drug-likeness (QED) is 0.512. The van der Waals surface area contributed by atoms with Gasteiger partial charge in [0.2, 0.25) is 5.91 Å². The number of ether oxygens (including phenoxy) is 1. The molecule has 1 N–H and O–H groups in total. The predicted octanol–water partition coefficient (Wildman–Crippen LogP) is 3.31. The summed E-state index contributed by atoms with van der Waals surface area (Å²) in [6.07, 6.45) is 3.03. The Morgan fingerprint density at radius 1 is 1.00 bits per heavy atom. The number of nitrogens with one attached hydrogen (secondary N) is 1. The van der Waals surface area contributed by atoms with Crippen molar-refractivity contribution in [1.82, 2.24) is 9.80 Å². The second-order valence-electron chi connectivity index (χ2n) is 7.33. The van der Waals surface area contributed by atoms with Gasteiger partial charge < -0.3 is 15.0 Å². The maximum absolute atomic E-state index is 12.6. The van der Waals surface area contributed by atoms with Gasteiger partial charge in [0.25, 0.3) is 5.91 Å². The van der Waals surface area contributed by atoms with Gasteiger partial charge in [0, 0.05) is 48.5 Å². The van der Waals surface area contributed by atoms with Crippen molar-refractivity contribution in [3.8, 4) is 0 Å². The molecular weight excluding hydrogens is 430 g/mol. The molecule has 0 bridgehead atoms. The summed E-state index contributed by atoms with van der Waals surface area (Å²) in [6, 6.07) is 14.1. The lowest BCUT2D eigenvalue weighted by Crippen LogP contribution is -2.50. The highest BCUT2D eigenvalue weighted by Gasteiger charge is 2.23. The van der Waals surface area contributed by atoms with Gasteiger partial charge in [0.1, 0.15) is 0 Å². The van der Waals surface area contributed by atoms with Crippen molar-refractivity contribution >= 4 is 41.1 Å². The lowest BCUT2D eigenvalue weighted by atomic mass is 10.2. The molecular formula is C24H26ClN3O4. The fourth-order valence-electron chi connectivity index (χ4n) is 3.32. The summed E-state index contributed by atoms with van der Waals surface area (Å²) < 4.78 is 4.84. The van der Waals surface area contributed by atoms with Gasteiger partial charge in [-0.1, -0.05) is 23.7 Å². The Balaban J connectivity index is 1.43. The van der Waals surface area contributed by atoms with E-state index in [0.717, 1.165) is 5.56 Å². The number of rotatable bonds is 7. The van der Waals surface area contributed by atoms with Crippen molar-refractivity contribution in [1.29, 1.82) is 0 Å². The zero-order valence-corrected chi connectivity index (χ0v) is 18.7. The van der Waals surface area contributed by atoms with Crippen LogP contribution in [0.4, 0.5) is 5.69 Å². The second-order valence-corrected chi connectivity index (χ2v) is 7.77. The third-order valence-electron chi connectivity index (χ3n) is 5.01. The zero-order valence-electron chi connectivity index (χ0n) is 17.9. The van der Waals surface area contributed by atoms with E-state index in [-0.39, 0.29) is 24.3 Å². The molecule has 7 nitrogen and oxygen atoms in total. The Hall–Kier alpha value is -3.16. The Kier molecular flexibility index (Phi) is 8.41. The fourth-order valence-corrected chi connectivity index (χ4v) is 3.45. The number of piperazine rings is 1. The molecule has 1 aliphatic heterocycles. The van der Waals surface area contributed by atoms with Crippen molar-refractivity contribution in [3.63, 3.8) is 0 Å². The van der Waals surface area contributed by atoms with Crippen LogP contribution in [0.25, 0.3) is 6.08 Å². The number of anilines is 1. The summed E-state index contributed by atoms with van der Waals surface area (Å²) in [4.78, 5) is 40.2. The van der Waals surface area contributed by atoms with Crippen molar-refractivity contribution < 1.29 is 19.1 Å². The standard InChI is InChI=1S/C24H26ClN3O4/c1-2-32-23(30)12-5-18-3-10-21(11-4-18)26-22(29)17-27-13-15-28(16-14-27)24(31)19-6-8-20(25)9-7-19/h3-12H,2,13-17H2,1H3,(H,26,29)/b12-5+. The van der Waals surface area contributed by atoms with E-state index in [1.54, 1.807) is 54.3 Å². The smallest absolute Gasteiger partial charge is 0.330 e. The third-order valence-corrected chi connectivity index (χ3v) is 5.26. The lowest BCUT2D eigenvalue weighted by Gasteiger charge is -2.34. The summed E-state index contributed by atoms with van der Waals surface area (Å²) in [5.41, 5.74) is 2.12. The van der Waals surface area contributed by atoms with E-state index in [4.69, 9.17) is 16.3 Å². The molecule has 1 fully saturated rings. The molecule has 0 spiro atoms. The first-order valence-corrected chi connectivity index (χ1v) is 10.8. The number of hydrogen-bond donors (Lipinski definition) is 1. The first-order chi connectivity index (χ1) is 15.4. The number of hydrogen-bond acceptors (Lipinski definition) is 5. The van der Waals surface area contributed by atoms with Crippen LogP contribution in [0.2, 0.25) is 5.02 Å². The van der Waals surface area contributed by atoms with Crippen molar-refractivity contribution in [3.05, 3.63) is 70.8 Å². The first kappa shape index (κ1) is 23.5. The second kappa shape index (κ2) is 11.5. The molecule has 0 saturated carbocycles. The van der Waals surface area contributed by atoms with Crippen LogP contribution in [0.15, 0.2) is 54.6 Å². The maximum atomic E-state index is 12.6. The average Bonchev–Trinajstić information content (AvgIpc) is 2.79. The number of esters is 1. The van der Waals surface area contributed by atoms with Crippen molar-refractivity contribution in [2.45, 2.75) is 6.92 Å². The monoisotopic (exact) mass is 455 g/mol. The summed E-state index contributed by atoms with van der Waals surface area (Å²) in [5.74, 6) is -0.528. The van der Waals surface area contributed by atoms with Crippen molar-refractivity contribution in [2.24, 2.45) is 0 Å². The number of amides is 2. The summed E-state index contributed by atoms with van der Waals surface area (Å²) in [7, 11) is 0. The summed E-state index contributed by atoms with van der Waals surface area (Å²) in [6.45, 7) is 4.74. The third kappa shape index (κ3) is 6.93. The van der Waals surface area contributed by atoms with Gasteiger partial charge in [-0.15, -0.1) is 0 Å². The van der Waals surface area contributed by atoms with Gasteiger partial charge in [0.15, 0.2) is 0 Å². The number of nitrogens with zero attached hydrogens (tertiary/aromatic N) is 2. The van der Waals surface area contributed by atoms with Crippen LogP contribution in [-0.4, -0.2) is 66.9 Å². The molecule has 0 radical (unpaired) electrons. The molecule has 32 heavy (non-hydrogen) atoms. The Morgan fingerprint density at radius 3 is 2.28 bits per heavy atom. The molecule has 2 aromatic carbocycles. The molecule has 0 atom stereocenters. The molecule has 3 rings (SSSR count). The Labute approximate surface area is 192 Å². The topological polar surface area (TPSA) is 79.0 Å². The number of carbonyl (C=O) groups excluding carboxylic acids is 3. The van der Waals surface area contributed by atoms with Crippen molar-refractivity contribution in [2.75, 3.05) is 44.6 Å². The minimum absolute atomic E-state index is 0.0251. The van der Waals surface area contributed by atoms with Gasteiger partial charge in [-0.2, -0.15) is 0 Å². The minimum Gasteiger partial charge on any atom is -0.463 e. The first-order valence-electron chi connectivity index (χ1n) is 10.5. The van der Waals surface area contributed by atoms with Crippen LogP contribution in [0.5, 0.6) is 0 Å². The number of benzene rings is 2. The van der Waals surface area contributed by atoms with E-state index in [9.17, 15) is 14.4 Å². The van der Waals surface area contributed by atoms with E-state index in [1.807, 2.05) is 17.0 Å². The molecule has 0 aliphatic carbocycles. The van der Waals surface area contributed by atoms with Crippen LogP contribution in [0.3, 0.4) is 0 Å². The summed E-state index contributed by atoms with van der Waals surface area (Å²) in [5, 5.41) is 3.47. The SMILES string of the molecule is CCOC(=O)/C=C/c1ccc(NC(=O)CN2CCN(C(=O)c3ccc(Cl)cc3)CC2)cc1. The van der Waals surface area contributed by atoms with Gasteiger partial charge in [-0.05, 0) is 55.0 Å². The van der Waals surface area contributed by atoms with Gasteiger partial charge >= 0.3 is 5.97 Å². The largest absolute Gasteiger partial charge is 0.463 e. The predicted molar refractivity (Wildman–Crippen MR) is 125 cm³/mol. The molecule has 2 aromatic rings. The molecule has 1 heterocycles. The summed E-state index contributed by atoms with van der Waals surface area (Å²) >= 11 is 5.88. The van der Waals surface area contributed by atoms with Gasteiger partial charge in [-0.25, -0.2) is 4.79 Å². The zero-order chi connectivity index (χ0) is 22.9. The Bertz CT molecular complexity index is 966. The van der Waals surface area contributed by atoms with Crippen LogP contribution in [-0.2, 0) is 14.3 Å². The van der Waals surface area contributed by atoms with Gasteiger partial charge in [-0.3, -0.25) is 14.5 Å². The highest BCUT2D eigenvalue weighted by atomic mass is 35.5. The van der Waals surface area contributed by atoms with E-state index < -0.39 is 0 Å². The Morgan fingerprint density at radius 2 is 1.66 bits per heavy atom. The molecule has 1 saturated heterocycles. The van der Waals surface area contributed by atoms with Gasteiger partial charge in [0.05, 0.1) is 13.2 Å². The van der Waals surface area contributed by atoms with Crippen LogP contribution in [0, 0.1) is 0 Å². The molecule has 0 aromatic heterocycles. The van der Waals surface area contributed by atoms with E-state index >= 15 is 0 Å². The minimum atomic E-state index is -0.389. The highest BCUT2D eigenvalue weighted by molar-refractivity contribution is 6.30. The molecule has 168 valence electrons. The van der Waals surface area contributed by atoms with E-state index in [0.29, 0.717) is 49.1 Å². The average molecular weight is 456 g/mol. The lowest BCUT2D eigenvalue weighted by molar-refractivity contribution is -0.137. The molecule has 2 amide bonds.